The van der Waals surface area contributed by atoms with Crippen molar-refractivity contribution in [1.82, 2.24) is 0 Å². The van der Waals surface area contributed by atoms with E-state index in [1.807, 2.05) is 0 Å². The van der Waals surface area contributed by atoms with Gasteiger partial charge in [0, 0.05) is 0 Å². The molecule has 0 aliphatic carbocycles. The van der Waals surface area contributed by atoms with Crippen LogP contribution in [0.5, 0.6) is 0 Å². The van der Waals surface area contributed by atoms with Gasteiger partial charge in [-0.25, -0.2) is 4.79 Å². The summed E-state index contributed by atoms with van der Waals surface area (Å²) in [6, 6.07) is 0. The third-order valence-electron chi connectivity index (χ3n) is 1.93. The molecule has 2 radical (unpaired) electrons. The second-order valence-electron chi connectivity index (χ2n) is 2.89. The lowest BCUT2D eigenvalue weighted by atomic mass is 10.1. The normalized spacial score (nSPS) is 36.9. The van der Waals surface area contributed by atoms with Crippen LogP contribution >= 0.6 is 0 Å². The Kier molecular flexibility index (Phi) is 3.68. The van der Waals surface area contributed by atoms with Crippen molar-refractivity contribution < 1.29 is 29.2 Å². The minimum Gasteiger partial charge on any atom is -0.438 e. The van der Waals surface area contributed by atoms with Crippen LogP contribution in [0.3, 0.4) is 0 Å². The lowest BCUT2D eigenvalue weighted by molar-refractivity contribution is -0.0305. The zero-order chi connectivity index (χ0) is 10.7. The number of carbonyl (C=O) groups excluding carboxylic acids is 1. The Morgan fingerprint density at radius 1 is 1.50 bits per heavy atom. The van der Waals surface area contributed by atoms with Gasteiger partial charge in [0.05, 0.1) is 13.2 Å². The van der Waals surface area contributed by atoms with Gasteiger partial charge in [-0.3, -0.25) is 0 Å². The van der Waals surface area contributed by atoms with E-state index in [9.17, 15) is 15.0 Å². The zero-order valence-corrected chi connectivity index (χ0v) is 7.62. The van der Waals surface area contributed by atoms with Crippen LogP contribution in [0.1, 0.15) is 0 Å². The molecule has 1 unspecified atom stereocenters. The van der Waals surface area contributed by atoms with Crippen molar-refractivity contribution in [2.24, 2.45) is 0 Å². The molecular formula is C8H12O6. The molecule has 0 saturated carbocycles. The molecule has 1 rings (SSSR count). The molecule has 1 aliphatic heterocycles. The first-order chi connectivity index (χ1) is 6.56. The van der Waals surface area contributed by atoms with Crippen LogP contribution in [-0.2, 0) is 14.2 Å². The Morgan fingerprint density at radius 2 is 2.14 bits per heavy atom. The molecule has 4 atom stereocenters. The third kappa shape index (κ3) is 2.34. The topological polar surface area (TPSA) is 85.2 Å². The molecule has 80 valence electrons. The summed E-state index contributed by atoms with van der Waals surface area (Å²) in [4.78, 5) is 10.6. The number of ether oxygens (including phenoxy) is 3. The fraction of sp³-hybridized carbons (Fsp3) is 0.750. The monoisotopic (exact) mass is 204 g/mol. The van der Waals surface area contributed by atoms with Crippen LogP contribution in [0.15, 0.2) is 0 Å². The molecule has 0 amide bonds. The molecular weight excluding hydrogens is 192 g/mol. The highest BCUT2D eigenvalue weighted by Gasteiger charge is 2.40. The highest BCUT2D eigenvalue weighted by molar-refractivity contribution is 5.59. The van der Waals surface area contributed by atoms with Crippen molar-refractivity contribution in [3.8, 4) is 0 Å². The van der Waals surface area contributed by atoms with Crippen molar-refractivity contribution in [2.45, 2.75) is 24.4 Å². The van der Waals surface area contributed by atoms with E-state index in [0.717, 1.165) is 7.11 Å². The lowest BCUT2D eigenvalue weighted by Crippen LogP contribution is -2.34. The van der Waals surface area contributed by atoms with Crippen LogP contribution in [0, 0.1) is 6.92 Å². The second-order valence-corrected chi connectivity index (χ2v) is 2.89. The highest BCUT2D eigenvalue weighted by Crippen LogP contribution is 2.20. The highest BCUT2D eigenvalue weighted by atomic mass is 16.7. The van der Waals surface area contributed by atoms with Crippen LogP contribution in [0.4, 0.5) is 4.79 Å². The van der Waals surface area contributed by atoms with Crippen LogP contribution < -0.4 is 0 Å². The molecule has 1 aliphatic rings. The van der Waals surface area contributed by atoms with Crippen molar-refractivity contribution in [3.05, 3.63) is 6.92 Å². The maximum absolute atomic E-state index is 10.6. The molecule has 0 aromatic carbocycles. The summed E-state index contributed by atoms with van der Waals surface area (Å²) >= 11 is 0. The van der Waals surface area contributed by atoms with Gasteiger partial charge in [-0.15, -0.1) is 0 Å². The average Bonchev–Trinajstić information content (AvgIpc) is 2.42. The molecule has 14 heavy (non-hydrogen) atoms. The van der Waals surface area contributed by atoms with Gasteiger partial charge in [-0.2, -0.15) is 0 Å². The van der Waals surface area contributed by atoms with Gasteiger partial charge in [0.1, 0.15) is 24.9 Å². The second kappa shape index (κ2) is 4.59. The molecule has 1 saturated heterocycles. The summed E-state index contributed by atoms with van der Waals surface area (Å²) in [5, 5.41) is 18.5. The predicted molar refractivity (Wildman–Crippen MR) is 43.3 cm³/mol. The predicted octanol–water partition coefficient (Wildman–Crippen LogP) is -1.03. The van der Waals surface area contributed by atoms with Gasteiger partial charge in [0.25, 0.3) is 0 Å². The Labute approximate surface area is 81.4 Å². The number of aliphatic hydroxyl groups is 2. The summed E-state index contributed by atoms with van der Waals surface area (Å²) in [5.74, 6) is 0. The molecule has 0 spiro atoms. The average molecular weight is 204 g/mol. The molecule has 1 fully saturated rings. The van der Waals surface area contributed by atoms with E-state index in [0.29, 0.717) is 0 Å². The number of methoxy groups -OCH3 is 1. The Hall–Kier alpha value is -0.850. The summed E-state index contributed by atoms with van der Waals surface area (Å²) in [7, 11) is 1.16. The van der Waals surface area contributed by atoms with Crippen LogP contribution in [0.25, 0.3) is 0 Å². The molecule has 6 nitrogen and oxygen atoms in total. The standard InChI is InChI=1S/C8H12O6/c1-4-6(9)7(10)5(14-4)3-13-8(11)12-2/h1,4-7,9-10H,3H2,2H3/t4-,5+,6?,7-/m0/s1. The molecule has 1 heterocycles. The zero-order valence-electron chi connectivity index (χ0n) is 7.62. The maximum atomic E-state index is 10.6. The van der Waals surface area contributed by atoms with E-state index in [1.165, 1.54) is 0 Å². The van der Waals surface area contributed by atoms with Crippen molar-refractivity contribution >= 4 is 6.16 Å². The smallest absolute Gasteiger partial charge is 0.438 e. The number of aliphatic hydroxyl groups excluding tert-OH is 2. The van der Waals surface area contributed by atoms with Crippen molar-refractivity contribution in [3.63, 3.8) is 0 Å². The Balaban J connectivity index is 2.36. The minimum atomic E-state index is -1.17. The maximum Gasteiger partial charge on any atom is 0.508 e. The first kappa shape index (κ1) is 11.2. The number of rotatable bonds is 2. The van der Waals surface area contributed by atoms with E-state index in [2.05, 4.69) is 9.47 Å². The van der Waals surface area contributed by atoms with E-state index in [1.54, 1.807) is 0 Å². The Bertz CT molecular complexity index is 206. The van der Waals surface area contributed by atoms with Crippen LogP contribution in [0.2, 0.25) is 0 Å². The van der Waals surface area contributed by atoms with Gasteiger partial charge in [-0.05, 0) is 6.92 Å². The van der Waals surface area contributed by atoms with E-state index >= 15 is 0 Å². The SMILES string of the molecule is [CH][C@@H]1O[C@H](COC(=O)OC)[C@H](O)C1O. The molecule has 6 heteroatoms. The Morgan fingerprint density at radius 3 is 2.57 bits per heavy atom. The summed E-state index contributed by atoms with van der Waals surface area (Å²) in [6.07, 6.45) is -4.98. The largest absolute Gasteiger partial charge is 0.508 e. The summed E-state index contributed by atoms with van der Waals surface area (Å²) in [6.45, 7) is 5.08. The minimum absolute atomic E-state index is 0.210. The molecule has 0 aromatic rings. The first-order valence-corrected chi connectivity index (χ1v) is 4.04. The fourth-order valence-electron chi connectivity index (χ4n) is 1.12. The number of hydrogen-bond donors (Lipinski definition) is 2. The number of carbonyl (C=O) groups is 1. The van der Waals surface area contributed by atoms with Gasteiger partial charge < -0.3 is 24.4 Å². The van der Waals surface area contributed by atoms with Gasteiger partial charge in [0.2, 0.25) is 0 Å². The molecule has 0 aromatic heterocycles. The van der Waals surface area contributed by atoms with Gasteiger partial charge >= 0.3 is 6.16 Å². The third-order valence-corrected chi connectivity index (χ3v) is 1.93. The summed E-state index contributed by atoms with van der Waals surface area (Å²) < 4.78 is 13.7. The van der Waals surface area contributed by atoms with Crippen molar-refractivity contribution in [2.75, 3.05) is 13.7 Å². The van der Waals surface area contributed by atoms with Crippen LogP contribution in [-0.4, -0.2) is 54.5 Å². The number of hydrogen-bond acceptors (Lipinski definition) is 6. The van der Waals surface area contributed by atoms with E-state index in [4.69, 9.17) is 11.7 Å². The fourth-order valence-corrected chi connectivity index (χ4v) is 1.12. The molecule has 2 N–H and O–H groups in total. The summed E-state index contributed by atoms with van der Waals surface area (Å²) in [5.41, 5.74) is 0. The van der Waals surface area contributed by atoms with Gasteiger partial charge in [0.15, 0.2) is 0 Å². The van der Waals surface area contributed by atoms with Gasteiger partial charge in [-0.1, -0.05) is 0 Å². The van der Waals surface area contributed by atoms with E-state index < -0.39 is 30.6 Å². The van der Waals surface area contributed by atoms with E-state index in [-0.39, 0.29) is 6.61 Å². The lowest BCUT2D eigenvalue weighted by Gasteiger charge is -2.13. The molecule has 0 bridgehead atoms. The quantitative estimate of drug-likeness (QED) is 0.559. The van der Waals surface area contributed by atoms with Crippen molar-refractivity contribution in [1.29, 1.82) is 0 Å². The first-order valence-electron chi connectivity index (χ1n) is 4.04.